The first kappa shape index (κ1) is 10.0. The first-order valence-corrected chi connectivity index (χ1v) is 4.73. The second-order valence-electron chi connectivity index (χ2n) is 4.93. The third kappa shape index (κ3) is 1.64. The minimum absolute atomic E-state index is 0.0266. The predicted molar refractivity (Wildman–Crippen MR) is 48.8 cm³/mol. The monoisotopic (exact) mass is 172 g/mol. The van der Waals surface area contributed by atoms with Crippen LogP contribution in [-0.2, 0) is 0 Å². The van der Waals surface area contributed by atoms with Gasteiger partial charge in [-0.25, -0.2) is 0 Å². The minimum Gasteiger partial charge on any atom is -0.396 e. The van der Waals surface area contributed by atoms with Crippen LogP contribution in [0.25, 0.3) is 0 Å². The largest absolute Gasteiger partial charge is 0.396 e. The smallest absolute Gasteiger partial charge is 0.0674 e. The average Bonchev–Trinajstić information content (AvgIpc) is 1.83. The highest BCUT2D eigenvalue weighted by atomic mass is 16.3. The SMILES string of the molecule is CC1(C)CCC[C@](C)(O)[C@@H]1CO. The minimum atomic E-state index is -0.670. The standard InChI is InChI=1S/C10H20O2/c1-9(2)5-4-6-10(3,12)8(9)7-11/h8,11-12H,4-7H2,1-3H3/t8-,10+/m1/s1. The van der Waals surface area contributed by atoms with Crippen LogP contribution in [0.3, 0.4) is 0 Å². The molecule has 0 aliphatic heterocycles. The molecule has 0 aromatic carbocycles. The molecule has 0 heterocycles. The van der Waals surface area contributed by atoms with Crippen LogP contribution in [0.15, 0.2) is 0 Å². The molecule has 0 aromatic heterocycles. The second-order valence-corrected chi connectivity index (χ2v) is 4.93. The fourth-order valence-corrected chi connectivity index (χ4v) is 2.54. The van der Waals surface area contributed by atoms with Crippen molar-refractivity contribution in [1.82, 2.24) is 0 Å². The molecule has 0 saturated heterocycles. The number of hydrogen-bond acceptors (Lipinski definition) is 2. The van der Waals surface area contributed by atoms with Crippen LogP contribution in [0.1, 0.15) is 40.0 Å². The van der Waals surface area contributed by atoms with Crippen LogP contribution in [0.2, 0.25) is 0 Å². The average molecular weight is 172 g/mol. The maximum Gasteiger partial charge on any atom is 0.0674 e. The molecule has 72 valence electrons. The number of rotatable bonds is 1. The van der Waals surface area contributed by atoms with Crippen LogP contribution in [0, 0.1) is 11.3 Å². The van der Waals surface area contributed by atoms with Crippen molar-refractivity contribution in [2.24, 2.45) is 11.3 Å². The highest BCUT2D eigenvalue weighted by Crippen LogP contribution is 2.45. The van der Waals surface area contributed by atoms with Crippen molar-refractivity contribution in [3.8, 4) is 0 Å². The summed E-state index contributed by atoms with van der Waals surface area (Å²) >= 11 is 0. The summed E-state index contributed by atoms with van der Waals surface area (Å²) in [6.07, 6.45) is 2.99. The Morgan fingerprint density at radius 2 is 1.83 bits per heavy atom. The van der Waals surface area contributed by atoms with Gasteiger partial charge in [0.05, 0.1) is 5.60 Å². The van der Waals surface area contributed by atoms with Crippen molar-refractivity contribution >= 4 is 0 Å². The molecule has 2 nitrogen and oxygen atoms in total. The first-order chi connectivity index (χ1) is 5.40. The van der Waals surface area contributed by atoms with Gasteiger partial charge < -0.3 is 10.2 Å². The van der Waals surface area contributed by atoms with Crippen molar-refractivity contribution in [1.29, 1.82) is 0 Å². The Morgan fingerprint density at radius 1 is 1.25 bits per heavy atom. The number of hydrogen-bond donors (Lipinski definition) is 2. The summed E-state index contributed by atoms with van der Waals surface area (Å²) in [6, 6.07) is 0. The van der Waals surface area contributed by atoms with Crippen molar-refractivity contribution in [3.05, 3.63) is 0 Å². The van der Waals surface area contributed by atoms with E-state index in [1.807, 2.05) is 6.92 Å². The normalized spacial score (nSPS) is 41.2. The van der Waals surface area contributed by atoms with E-state index in [9.17, 15) is 10.2 Å². The third-order valence-corrected chi connectivity index (χ3v) is 3.38. The Hall–Kier alpha value is -0.0800. The Kier molecular flexibility index (Phi) is 2.50. The van der Waals surface area contributed by atoms with E-state index in [1.165, 1.54) is 0 Å². The van der Waals surface area contributed by atoms with Crippen LogP contribution in [0.4, 0.5) is 0 Å². The topological polar surface area (TPSA) is 40.5 Å². The maximum atomic E-state index is 10.0. The van der Waals surface area contributed by atoms with E-state index in [0.29, 0.717) is 0 Å². The van der Waals surface area contributed by atoms with Gasteiger partial charge in [-0.15, -0.1) is 0 Å². The molecular weight excluding hydrogens is 152 g/mol. The fraction of sp³-hybridized carbons (Fsp3) is 1.00. The van der Waals surface area contributed by atoms with E-state index < -0.39 is 5.60 Å². The van der Waals surface area contributed by atoms with Crippen molar-refractivity contribution in [2.45, 2.75) is 45.6 Å². The van der Waals surface area contributed by atoms with Crippen LogP contribution in [0.5, 0.6) is 0 Å². The molecule has 2 heteroatoms. The molecule has 12 heavy (non-hydrogen) atoms. The fourth-order valence-electron chi connectivity index (χ4n) is 2.54. The highest BCUT2D eigenvalue weighted by Gasteiger charge is 2.44. The summed E-state index contributed by atoms with van der Waals surface area (Å²) in [6.45, 7) is 6.19. The third-order valence-electron chi connectivity index (χ3n) is 3.38. The van der Waals surface area contributed by atoms with Gasteiger partial charge in [0.15, 0.2) is 0 Å². The number of aliphatic hydroxyl groups excluding tert-OH is 1. The Labute approximate surface area is 74.6 Å². The second kappa shape index (κ2) is 3.00. The van der Waals surface area contributed by atoms with Gasteiger partial charge in [-0.05, 0) is 25.2 Å². The molecule has 1 rings (SSSR count). The summed E-state index contributed by atoms with van der Waals surface area (Å²) in [4.78, 5) is 0. The molecule has 0 radical (unpaired) electrons. The van der Waals surface area contributed by atoms with Crippen LogP contribution >= 0.6 is 0 Å². The highest BCUT2D eigenvalue weighted by molar-refractivity contribution is 4.95. The van der Waals surface area contributed by atoms with Gasteiger partial charge in [-0.3, -0.25) is 0 Å². The number of aliphatic hydroxyl groups is 2. The molecule has 0 aromatic rings. The van der Waals surface area contributed by atoms with E-state index in [0.717, 1.165) is 19.3 Å². The zero-order chi connectivity index (χ0) is 9.41. The van der Waals surface area contributed by atoms with E-state index in [4.69, 9.17) is 0 Å². The molecule has 2 atom stereocenters. The van der Waals surface area contributed by atoms with Gasteiger partial charge >= 0.3 is 0 Å². The molecule has 1 saturated carbocycles. The molecule has 1 aliphatic carbocycles. The lowest BCUT2D eigenvalue weighted by Crippen LogP contribution is -2.48. The van der Waals surface area contributed by atoms with Crippen molar-refractivity contribution in [3.63, 3.8) is 0 Å². The molecule has 2 N–H and O–H groups in total. The Bertz CT molecular complexity index is 145. The lowest BCUT2D eigenvalue weighted by Gasteiger charge is -2.47. The molecule has 0 bridgehead atoms. The summed E-state index contributed by atoms with van der Waals surface area (Å²) in [5.41, 5.74) is -0.590. The first-order valence-electron chi connectivity index (χ1n) is 4.73. The maximum absolute atomic E-state index is 10.0. The lowest BCUT2D eigenvalue weighted by atomic mass is 9.62. The molecule has 0 unspecified atom stereocenters. The summed E-state index contributed by atoms with van der Waals surface area (Å²) < 4.78 is 0. The Morgan fingerprint density at radius 3 is 2.17 bits per heavy atom. The molecule has 0 spiro atoms. The van der Waals surface area contributed by atoms with E-state index >= 15 is 0 Å². The quantitative estimate of drug-likeness (QED) is 0.630. The summed E-state index contributed by atoms with van der Waals surface area (Å²) in [5, 5.41) is 19.2. The molecule has 1 fully saturated rings. The van der Waals surface area contributed by atoms with Gasteiger partial charge in [0, 0.05) is 12.5 Å². The van der Waals surface area contributed by atoms with E-state index in [2.05, 4.69) is 13.8 Å². The summed E-state index contributed by atoms with van der Waals surface area (Å²) in [5.74, 6) is 0.0266. The van der Waals surface area contributed by atoms with Crippen LogP contribution < -0.4 is 0 Å². The molecular formula is C10H20O2. The van der Waals surface area contributed by atoms with Gasteiger partial charge in [-0.1, -0.05) is 20.3 Å². The van der Waals surface area contributed by atoms with Gasteiger partial charge in [0.1, 0.15) is 0 Å². The van der Waals surface area contributed by atoms with E-state index in [-0.39, 0.29) is 17.9 Å². The van der Waals surface area contributed by atoms with E-state index in [1.54, 1.807) is 0 Å². The van der Waals surface area contributed by atoms with Gasteiger partial charge in [-0.2, -0.15) is 0 Å². The van der Waals surface area contributed by atoms with Gasteiger partial charge in [0.25, 0.3) is 0 Å². The zero-order valence-electron chi connectivity index (χ0n) is 8.30. The lowest BCUT2D eigenvalue weighted by molar-refractivity contribution is -0.108. The molecule has 0 amide bonds. The van der Waals surface area contributed by atoms with Crippen LogP contribution in [-0.4, -0.2) is 22.4 Å². The Balaban J connectivity index is 2.81. The zero-order valence-corrected chi connectivity index (χ0v) is 8.30. The van der Waals surface area contributed by atoms with Crippen molar-refractivity contribution < 1.29 is 10.2 Å². The molecule has 1 aliphatic rings. The predicted octanol–water partition coefficient (Wildman–Crippen LogP) is 1.56. The van der Waals surface area contributed by atoms with Crippen molar-refractivity contribution in [2.75, 3.05) is 6.61 Å². The summed E-state index contributed by atoms with van der Waals surface area (Å²) in [7, 11) is 0. The van der Waals surface area contributed by atoms with Gasteiger partial charge in [0.2, 0.25) is 0 Å².